The fourth-order valence-electron chi connectivity index (χ4n) is 3.50. The molecule has 162 valence electrons. The second-order valence-electron chi connectivity index (χ2n) is 8.41. The van der Waals surface area contributed by atoms with E-state index in [-0.39, 0.29) is 18.0 Å². The van der Waals surface area contributed by atoms with Crippen molar-refractivity contribution < 1.29 is 19.4 Å². The fourth-order valence-corrected chi connectivity index (χ4v) is 3.73. The summed E-state index contributed by atoms with van der Waals surface area (Å²) in [5.41, 5.74) is 4.33. The Morgan fingerprint density at radius 1 is 1.13 bits per heavy atom. The number of rotatable bonds is 8. The zero-order valence-electron chi connectivity index (χ0n) is 18.7. The van der Waals surface area contributed by atoms with Crippen LogP contribution in [0, 0.1) is 13.8 Å². The summed E-state index contributed by atoms with van der Waals surface area (Å²) in [6.45, 7) is 11.3. The summed E-state index contributed by atoms with van der Waals surface area (Å²) in [6, 6.07) is 0. The molecule has 0 aromatic heterocycles. The van der Waals surface area contributed by atoms with Gasteiger partial charge in [0.15, 0.2) is 5.60 Å². The number of aldehydes is 1. The van der Waals surface area contributed by atoms with Crippen LogP contribution in [0.5, 0.6) is 5.75 Å². The van der Waals surface area contributed by atoms with Gasteiger partial charge in [0.1, 0.15) is 17.8 Å². The Morgan fingerprint density at radius 3 is 2.27 bits per heavy atom. The number of phenols is 1. The van der Waals surface area contributed by atoms with Crippen molar-refractivity contribution in [3.8, 4) is 5.75 Å². The van der Waals surface area contributed by atoms with Crippen LogP contribution in [0.4, 0.5) is 0 Å². The van der Waals surface area contributed by atoms with E-state index in [0.717, 1.165) is 41.4 Å². The Balaban J connectivity index is 2.07. The summed E-state index contributed by atoms with van der Waals surface area (Å²) in [5, 5.41) is 11.3. The second kappa shape index (κ2) is 9.65. The monoisotopic (exact) mass is 430 g/mol. The SMILES string of the molecule is C/C(=C\Cc1c(C)c(Cl)c(C)c(CC=O)c1O)CC/C=C(\C)C1=CC(=O)C(C)(C)O1. The first kappa shape index (κ1) is 23.9. The van der Waals surface area contributed by atoms with Crippen LogP contribution in [0.25, 0.3) is 0 Å². The van der Waals surface area contributed by atoms with Crippen molar-refractivity contribution in [2.75, 3.05) is 0 Å². The van der Waals surface area contributed by atoms with Crippen molar-refractivity contribution in [1.82, 2.24) is 0 Å². The van der Waals surface area contributed by atoms with E-state index in [1.54, 1.807) is 19.9 Å². The van der Waals surface area contributed by atoms with Crippen molar-refractivity contribution in [2.45, 2.75) is 72.8 Å². The standard InChI is InChI=1S/C25H31ClO4/c1-15(8-7-9-16(2)21-14-22(28)25(5,6)30-21)10-11-19-17(3)23(26)18(4)20(12-13-27)24(19)29/h9-10,13-14,29H,7-8,11-12H2,1-6H3/b15-10+,16-9+. The molecule has 1 N–H and O–H groups in total. The summed E-state index contributed by atoms with van der Waals surface area (Å²) >= 11 is 6.43. The highest BCUT2D eigenvalue weighted by Gasteiger charge is 2.35. The molecule has 1 aliphatic rings. The molecule has 4 nitrogen and oxygen atoms in total. The summed E-state index contributed by atoms with van der Waals surface area (Å²) in [4.78, 5) is 22.9. The first-order valence-corrected chi connectivity index (χ1v) is 10.6. The molecule has 30 heavy (non-hydrogen) atoms. The maximum Gasteiger partial charge on any atom is 0.202 e. The lowest BCUT2D eigenvalue weighted by atomic mass is 9.93. The van der Waals surface area contributed by atoms with Crippen molar-refractivity contribution in [1.29, 1.82) is 0 Å². The smallest absolute Gasteiger partial charge is 0.202 e. The molecule has 0 fully saturated rings. The number of ether oxygens (including phenoxy) is 1. The third kappa shape index (κ3) is 5.23. The highest BCUT2D eigenvalue weighted by Crippen LogP contribution is 2.36. The average Bonchev–Trinajstić information content (AvgIpc) is 2.96. The number of allylic oxidation sites excluding steroid dienone is 4. The second-order valence-corrected chi connectivity index (χ2v) is 8.78. The predicted molar refractivity (Wildman–Crippen MR) is 121 cm³/mol. The number of ketones is 1. The summed E-state index contributed by atoms with van der Waals surface area (Å²) in [6.07, 6.45) is 8.88. The van der Waals surface area contributed by atoms with Crippen molar-refractivity contribution in [3.05, 3.63) is 62.4 Å². The van der Waals surface area contributed by atoms with Crippen LogP contribution in [-0.2, 0) is 27.2 Å². The average molecular weight is 431 g/mol. The van der Waals surface area contributed by atoms with E-state index < -0.39 is 5.60 Å². The van der Waals surface area contributed by atoms with Gasteiger partial charge in [0.2, 0.25) is 5.78 Å². The quantitative estimate of drug-likeness (QED) is 0.413. The largest absolute Gasteiger partial charge is 0.507 e. The molecular weight excluding hydrogens is 400 g/mol. The van der Waals surface area contributed by atoms with Crippen LogP contribution in [-0.4, -0.2) is 22.8 Å². The summed E-state index contributed by atoms with van der Waals surface area (Å²) in [7, 11) is 0. The highest BCUT2D eigenvalue weighted by atomic mass is 35.5. The molecule has 0 saturated carbocycles. The molecule has 0 bridgehead atoms. The number of carbonyl (C=O) groups is 2. The molecule has 0 atom stereocenters. The molecule has 0 unspecified atom stereocenters. The first-order valence-electron chi connectivity index (χ1n) is 10.2. The van der Waals surface area contributed by atoms with E-state index >= 15 is 0 Å². The minimum absolute atomic E-state index is 0.0118. The topological polar surface area (TPSA) is 63.6 Å². The van der Waals surface area contributed by atoms with E-state index in [1.807, 2.05) is 20.8 Å². The van der Waals surface area contributed by atoms with Gasteiger partial charge in [-0.3, -0.25) is 4.79 Å². The Bertz CT molecular complexity index is 949. The fraction of sp³-hybridized carbons (Fsp3) is 0.440. The van der Waals surface area contributed by atoms with Gasteiger partial charge < -0.3 is 14.6 Å². The molecule has 1 aliphatic heterocycles. The molecule has 0 saturated heterocycles. The lowest BCUT2D eigenvalue weighted by Crippen LogP contribution is -2.27. The van der Waals surface area contributed by atoms with Gasteiger partial charge in [0, 0.05) is 28.6 Å². The van der Waals surface area contributed by atoms with E-state index in [9.17, 15) is 14.7 Å². The van der Waals surface area contributed by atoms with Gasteiger partial charge in [-0.2, -0.15) is 0 Å². The Kier molecular flexibility index (Phi) is 7.70. The Morgan fingerprint density at radius 2 is 1.73 bits per heavy atom. The number of halogens is 1. The number of carbonyl (C=O) groups excluding carboxylic acids is 2. The van der Waals surface area contributed by atoms with Crippen molar-refractivity contribution in [3.63, 3.8) is 0 Å². The number of aromatic hydroxyl groups is 1. The van der Waals surface area contributed by atoms with Gasteiger partial charge in [0.25, 0.3) is 0 Å². The number of phenolic OH excluding ortho intramolecular Hbond substituents is 1. The third-order valence-electron chi connectivity index (χ3n) is 5.68. The minimum Gasteiger partial charge on any atom is -0.507 e. The Labute approximate surface area is 184 Å². The lowest BCUT2D eigenvalue weighted by Gasteiger charge is -2.18. The van der Waals surface area contributed by atoms with Crippen LogP contribution in [0.1, 0.15) is 62.8 Å². The molecular formula is C25H31ClO4. The van der Waals surface area contributed by atoms with E-state index in [2.05, 4.69) is 19.1 Å². The van der Waals surface area contributed by atoms with Gasteiger partial charge >= 0.3 is 0 Å². The maximum absolute atomic E-state index is 11.9. The van der Waals surface area contributed by atoms with Crippen LogP contribution >= 0.6 is 11.6 Å². The first-order chi connectivity index (χ1) is 14.0. The van der Waals surface area contributed by atoms with Gasteiger partial charge in [-0.25, -0.2) is 0 Å². The molecule has 0 amide bonds. The molecule has 0 aliphatic carbocycles. The van der Waals surface area contributed by atoms with E-state index in [0.29, 0.717) is 22.8 Å². The maximum atomic E-state index is 11.9. The predicted octanol–water partition coefficient (Wildman–Crippen LogP) is 5.88. The molecule has 0 radical (unpaired) electrons. The van der Waals surface area contributed by atoms with E-state index in [1.165, 1.54) is 5.57 Å². The van der Waals surface area contributed by atoms with Crippen molar-refractivity contribution in [2.24, 2.45) is 0 Å². The van der Waals surface area contributed by atoms with Gasteiger partial charge in [-0.05, 0) is 77.5 Å². The van der Waals surface area contributed by atoms with Crippen LogP contribution < -0.4 is 0 Å². The zero-order valence-corrected chi connectivity index (χ0v) is 19.4. The van der Waals surface area contributed by atoms with Crippen LogP contribution in [0.15, 0.2) is 35.1 Å². The minimum atomic E-state index is -0.780. The van der Waals surface area contributed by atoms with Gasteiger partial charge in [-0.15, -0.1) is 0 Å². The number of hydrogen-bond acceptors (Lipinski definition) is 4. The molecule has 2 rings (SSSR count). The molecule has 1 aromatic carbocycles. The summed E-state index contributed by atoms with van der Waals surface area (Å²) in [5.74, 6) is 0.797. The molecule has 1 aromatic rings. The highest BCUT2D eigenvalue weighted by molar-refractivity contribution is 6.32. The number of hydrogen-bond donors (Lipinski definition) is 1. The van der Waals surface area contributed by atoms with Crippen LogP contribution in [0.3, 0.4) is 0 Å². The third-order valence-corrected chi connectivity index (χ3v) is 6.24. The van der Waals surface area contributed by atoms with Gasteiger partial charge in [-0.1, -0.05) is 29.3 Å². The molecule has 0 spiro atoms. The van der Waals surface area contributed by atoms with E-state index in [4.69, 9.17) is 16.3 Å². The van der Waals surface area contributed by atoms with Gasteiger partial charge in [0.05, 0.1) is 0 Å². The number of benzene rings is 1. The molecule has 1 heterocycles. The lowest BCUT2D eigenvalue weighted by molar-refractivity contribution is -0.126. The normalized spacial score (nSPS) is 16.5. The zero-order chi connectivity index (χ0) is 22.6. The molecule has 5 heteroatoms. The van der Waals surface area contributed by atoms with Crippen molar-refractivity contribution >= 4 is 23.7 Å². The summed E-state index contributed by atoms with van der Waals surface area (Å²) < 4.78 is 5.73. The Hall–Kier alpha value is -2.33. The van der Waals surface area contributed by atoms with Crippen LogP contribution in [0.2, 0.25) is 5.02 Å².